The van der Waals surface area contributed by atoms with Crippen LogP contribution in [0.4, 0.5) is 13.2 Å². The number of hydrogen-bond acceptors (Lipinski definition) is 4. The predicted octanol–water partition coefficient (Wildman–Crippen LogP) is 4.18. The zero-order valence-corrected chi connectivity index (χ0v) is 12.1. The van der Waals surface area contributed by atoms with Crippen molar-refractivity contribution in [1.82, 2.24) is 9.78 Å². The minimum absolute atomic E-state index is 0.0145. The van der Waals surface area contributed by atoms with E-state index in [0.717, 1.165) is 18.3 Å². The number of ether oxygens (including phenoxy) is 1. The maximum Gasteiger partial charge on any atom is 0.416 e. The third kappa shape index (κ3) is 3.33. The maximum atomic E-state index is 12.7. The Morgan fingerprint density at radius 1 is 1.45 bits per heavy atom. The Bertz CT molecular complexity index is 698. The molecule has 1 aromatic heterocycles. The van der Waals surface area contributed by atoms with E-state index in [1.54, 1.807) is 6.92 Å². The summed E-state index contributed by atoms with van der Waals surface area (Å²) >= 11 is 5.92. The van der Waals surface area contributed by atoms with E-state index in [-0.39, 0.29) is 22.3 Å². The summed E-state index contributed by atoms with van der Waals surface area (Å²) in [4.78, 5) is 0. The van der Waals surface area contributed by atoms with Gasteiger partial charge in [-0.3, -0.25) is 4.68 Å². The number of aromatic nitrogens is 2. The Labute approximate surface area is 128 Å². The molecule has 118 valence electrons. The van der Waals surface area contributed by atoms with Crippen molar-refractivity contribution in [2.75, 3.05) is 0 Å². The first kappa shape index (κ1) is 16.2. The van der Waals surface area contributed by atoms with Gasteiger partial charge in [0.15, 0.2) is 10.9 Å². The van der Waals surface area contributed by atoms with Crippen LogP contribution < -0.4 is 4.74 Å². The van der Waals surface area contributed by atoms with E-state index in [2.05, 4.69) is 10.3 Å². The number of halogens is 4. The standard InChI is InChI=1S/C13H11ClF3N3O2/c1-2-20-10(7-18-21)11(12(14)19-20)22-9-5-3-4-8(6-9)13(15,16)17/h3-7,21H,2H2,1H3/b18-7+. The molecule has 0 aliphatic heterocycles. The molecular weight excluding hydrogens is 323 g/mol. The molecular formula is C13H11ClF3N3O2. The minimum Gasteiger partial charge on any atom is -0.452 e. The van der Waals surface area contributed by atoms with Crippen molar-refractivity contribution in [1.29, 1.82) is 0 Å². The molecule has 22 heavy (non-hydrogen) atoms. The molecule has 0 fully saturated rings. The maximum absolute atomic E-state index is 12.7. The van der Waals surface area contributed by atoms with Crippen molar-refractivity contribution >= 4 is 17.8 Å². The molecule has 0 aliphatic rings. The van der Waals surface area contributed by atoms with Gasteiger partial charge in [0, 0.05) is 6.54 Å². The fourth-order valence-electron chi connectivity index (χ4n) is 1.80. The van der Waals surface area contributed by atoms with Crippen molar-refractivity contribution < 1.29 is 23.1 Å². The highest BCUT2D eigenvalue weighted by Crippen LogP contribution is 2.35. The van der Waals surface area contributed by atoms with Crippen LogP contribution in [0.25, 0.3) is 0 Å². The molecule has 1 heterocycles. The topological polar surface area (TPSA) is 59.6 Å². The Kier molecular flexibility index (Phi) is 4.60. The smallest absolute Gasteiger partial charge is 0.416 e. The lowest BCUT2D eigenvalue weighted by molar-refractivity contribution is -0.137. The second kappa shape index (κ2) is 6.27. The van der Waals surface area contributed by atoms with Crippen LogP contribution in [0.1, 0.15) is 18.2 Å². The number of oxime groups is 1. The quantitative estimate of drug-likeness (QED) is 0.519. The number of hydrogen-bond donors (Lipinski definition) is 1. The average molecular weight is 334 g/mol. The van der Waals surface area contributed by atoms with Crippen LogP contribution >= 0.6 is 11.6 Å². The summed E-state index contributed by atoms with van der Waals surface area (Å²) in [5, 5.41) is 15.5. The second-order valence-corrected chi connectivity index (χ2v) is 4.55. The average Bonchev–Trinajstić information content (AvgIpc) is 2.75. The van der Waals surface area contributed by atoms with Gasteiger partial charge in [0.05, 0.1) is 11.8 Å². The molecule has 1 N–H and O–H groups in total. The lowest BCUT2D eigenvalue weighted by atomic mass is 10.2. The summed E-state index contributed by atoms with van der Waals surface area (Å²) < 4.78 is 44.9. The van der Waals surface area contributed by atoms with Gasteiger partial charge in [0.1, 0.15) is 11.4 Å². The van der Waals surface area contributed by atoms with Crippen LogP contribution in [0.5, 0.6) is 11.5 Å². The third-order valence-corrected chi connectivity index (χ3v) is 3.01. The Hall–Kier alpha value is -2.22. The molecule has 0 radical (unpaired) electrons. The highest BCUT2D eigenvalue weighted by Gasteiger charge is 2.30. The van der Waals surface area contributed by atoms with Gasteiger partial charge in [-0.1, -0.05) is 22.8 Å². The SMILES string of the molecule is CCn1nc(Cl)c(Oc2cccc(C(F)(F)F)c2)c1/C=N/O. The van der Waals surface area contributed by atoms with Crippen LogP contribution in [-0.4, -0.2) is 21.2 Å². The fraction of sp³-hybridized carbons (Fsp3) is 0.231. The molecule has 5 nitrogen and oxygen atoms in total. The summed E-state index contributed by atoms with van der Waals surface area (Å²) in [5.41, 5.74) is -0.603. The molecule has 0 saturated carbocycles. The van der Waals surface area contributed by atoms with E-state index >= 15 is 0 Å². The van der Waals surface area contributed by atoms with E-state index in [4.69, 9.17) is 21.5 Å². The summed E-state index contributed by atoms with van der Waals surface area (Å²) in [7, 11) is 0. The molecule has 0 amide bonds. The Balaban J connectivity index is 2.41. The van der Waals surface area contributed by atoms with Crippen LogP contribution in [0.3, 0.4) is 0 Å². The van der Waals surface area contributed by atoms with E-state index in [1.807, 2.05) is 0 Å². The third-order valence-electron chi connectivity index (χ3n) is 2.77. The molecule has 0 unspecified atom stereocenters. The molecule has 0 atom stereocenters. The van der Waals surface area contributed by atoms with Gasteiger partial charge in [-0.2, -0.15) is 18.3 Å². The minimum atomic E-state index is -4.48. The lowest BCUT2D eigenvalue weighted by Gasteiger charge is -2.10. The number of rotatable bonds is 4. The molecule has 0 bridgehead atoms. The van der Waals surface area contributed by atoms with Crippen molar-refractivity contribution in [2.45, 2.75) is 19.6 Å². The number of nitrogens with zero attached hydrogens (tertiary/aromatic N) is 3. The number of benzene rings is 1. The molecule has 0 saturated heterocycles. The number of alkyl halides is 3. The Morgan fingerprint density at radius 2 is 2.18 bits per heavy atom. The van der Waals surface area contributed by atoms with Gasteiger partial charge in [-0.25, -0.2) is 0 Å². The zero-order chi connectivity index (χ0) is 16.3. The summed E-state index contributed by atoms with van der Waals surface area (Å²) in [6.45, 7) is 2.18. The van der Waals surface area contributed by atoms with Crippen molar-refractivity contribution in [2.24, 2.45) is 5.16 Å². The predicted molar refractivity (Wildman–Crippen MR) is 73.8 cm³/mol. The zero-order valence-electron chi connectivity index (χ0n) is 11.3. The molecule has 0 aliphatic carbocycles. The van der Waals surface area contributed by atoms with Crippen molar-refractivity contribution in [3.8, 4) is 11.5 Å². The second-order valence-electron chi connectivity index (χ2n) is 4.19. The molecule has 9 heteroatoms. The summed E-state index contributed by atoms with van der Waals surface area (Å²) in [6, 6.07) is 4.35. The van der Waals surface area contributed by atoms with E-state index in [1.165, 1.54) is 16.8 Å². The monoisotopic (exact) mass is 333 g/mol. The van der Waals surface area contributed by atoms with Gasteiger partial charge in [0.2, 0.25) is 0 Å². The highest BCUT2D eigenvalue weighted by molar-refractivity contribution is 6.31. The molecule has 0 spiro atoms. The van der Waals surface area contributed by atoms with Gasteiger partial charge in [0.25, 0.3) is 0 Å². The van der Waals surface area contributed by atoms with Crippen LogP contribution in [-0.2, 0) is 12.7 Å². The molecule has 2 rings (SSSR count). The van der Waals surface area contributed by atoms with Crippen molar-refractivity contribution in [3.63, 3.8) is 0 Å². The first-order valence-corrected chi connectivity index (χ1v) is 6.53. The highest BCUT2D eigenvalue weighted by atomic mass is 35.5. The largest absolute Gasteiger partial charge is 0.452 e. The summed E-state index contributed by atoms with van der Waals surface area (Å²) in [5.74, 6) is -0.0411. The summed E-state index contributed by atoms with van der Waals surface area (Å²) in [6.07, 6.45) is -3.43. The van der Waals surface area contributed by atoms with Gasteiger partial charge in [-0.05, 0) is 25.1 Å². The first-order chi connectivity index (χ1) is 10.4. The molecule has 2 aromatic rings. The first-order valence-electron chi connectivity index (χ1n) is 6.15. The molecule has 1 aromatic carbocycles. The van der Waals surface area contributed by atoms with Gasteiger partial charge in [-0.15, -0.1) is 0 Å². The Morgan fingerprint density at radius 3 is 2.77 bits per heavy atom. The van der Waals surface area contributed by atoms with Crippen LogP contribution in [0, 0.1) is 0 Å². The van der Waals surface area contributed by atoms with Crippen LogP contribution in [0.2, 0.25) is 5.15 Å². The van der Waals surface area contributed by atoms with E-state index in [9.17, 15) is 13.2 Å². The number of aryl methyl sites for hydroxylation is 1. The van der Waals surface area contributed by atoms with Gasteiger partial charge >= 0.3 is 6.18 Å². The van der Waals surface area contributed by atoms with Crippen molar-refractivity contribution in [3.05, 3.63) is 40.7 Å². The van der Waals surface area contributed by atoms with E-state index < -0.39 is 11.7 Å². The van der Waals surface area contributed by atoms with E-state index in [0.29, 0.717) is 6.54 Å². The van der Waals surface area contributed by atoms with Gasteiger partial charge < -0.3 is 9.94 Å². The lowest BCUT2D eigenvalue weighted by Crippen LogP contribution is -2.05. The van der Waals surface area contributed by atoms with Crippen LogP contribution in [0.15, 0.2) is 29.4 Å². The normalized spacial score (nSPS) is 12.0. The fourth-order valence-corrected chi connectivity index (χ4v) is 2.02.